The third-order valence-electron chi connectivity index (χ3n) is 3.07. The highest BCUT2D eigenvalue weighted by Gasteiger charge is 2.24. The van der Waals surface area contributed by atoms with Crippen molar-refractivity contribution in [2.24, 2.45) is 7.05 Å². The Balaban J connectivity index is 2.24. The first-order valence-electron chi connectivity index (χ1n) is 6.54. The first kappa shape index (κ1) is 14.2. The molecule has 6 heteroatoms. The maximum absolute atomic E-state index is 12.6. The Hall–Kier alpha value is -2.24. The van der Waals surface area contributed by atoms with Crippen LogP contribution in [0.5, 0.6) is 0 Å². The van der Waals surface area contributed by atoms with Gasteiger partial charge in [-0.2, -0.15) is 5.10 Å². The van der Waals surface area contributed by atoms with E-state index in [-0.39, 0.29) is 17.6 Å². The molecule has 0 aliphatic rings. The average Bonchev–Trinajstić information content (AvgIpc) is 2.91. The summed E-state index contributed by atoms with van der Waals surface area (Å²) < 4.78 is 7.07. The molecule has 2 heterocycles. The molecule has 0 saturated heterocycles. The molecule has 2 N–H and O–H groups in total. The molecule has 0 aromatic carbocycles. The van der Waals surface area contributed by atoms with Crippen molar-refractivity contribution in [2.75, 3.05) is 5.73 Å². The third kappa shape index (κ3) is 2.84. The Morgan fingerprint density at radius 1 is 1.50 bits per heavy atom. The van der Waals surface area contributed by atoms with Crippen LogP contribution in [0, 0.1) is 6.92 Å². The van der Waals surface area contributed by atoms with Gasteiger partial charge in [0.05, 0.1) is 12.2 Å². The Morgan fingerprint density at radius 2 is 2.20 bits per heavy atom. The van der Waals surface area contributed by atoms with Crippen molar-refractivity contribution in [1.29, 1.82) is 0 Å². The highest BCUT2D eigenvalue weighted by molar-refractivity contribution is 5.97. The maximum Gasteiger partial charge on any atom is 0.277 e. The summed E-state index contributed by atoms with van der Waals surface area (Å²) >= 11 is 0. The molecule has 0 bridgehead atoms. The molecule has 20 heavy (non-hydrogen) atoms. The predicted octanol–water partition coefficient (Wildman–Crippen LogP) is 1.95. The summed E-state index contributed by atoms with van der Waals surface area (Å²) in [5, 5.41) is 4.13. The van der Waals surface area contributed by atoms with Crippen LogP contribution >= 0.6 is 0 Å². The number of anilines is 1. The number of amides is 1. The highest BCUT2D eigenvalue weighted by atomic mass is 16.3. The normalized spacial score (nSPS) is 11.1. The van der Waals surface area contributed by atoms with Crippen LogP contribution in [-0.2, 0) is 13.6 Å². The molecule has 1 amide bonds. The SMILES string of the molecule is Cc1ccc(CN(C(=O)c2nn(C)cc2N)C(C)C)o1. The monoisotopic (exact) mass is 276 g/mol. The van der Waals surface area contributed by atoms with E-state index in [9.17, 15) is 4.79 Å². The second-order valence-corrected chi connectivity index (χ2v) is 5.15. The van der Waals surface area contributed by atoms with Gasteiger partial charge in [0.25, 0.3) is 5.91 Å². The summed E-state index contributed by atoms with van der Waals surface area (Å²) in [6.45, 7) is 6.18. The quantitative estimate of drug-likeness (QED) is 0.926. The van der Waals surface area contributed by atoms with Gasteiger partial charge in [-0.15, -0.1) is 0 Å². The number of hydrogen-bond acceptors (Lipinski definition) is 4. The summed E-state index contributed by atoms with van der Waals surface area (Å²) in [6.07, 6.45) is 1.63. The lowest BCUT2D eigenvalue weighted by molar-refractivity contribution is 0.0669. The Morgan fingerprint density at radius 3 is 2.65 bits per heavy atom. The molecule has 2 aromatic heterocycles. The molecule has 0 fully saturated rings. The van der Waals surface area contributed by atoms with E-state index in [1.54, 1.807) is 18.1 Å². The number of rotatable bonds is 4. The van der Waals surface area contributed by atoms with Gasteiger partial charge in [-0.3, -0.25) is 9.48 Å². The van der Waals surface area contributed by atoms with Crippen molar-refractivity contribution in [1.82, 2.24) is 14.7 Å². The zero-order valence-corrected chi connectivity index (χ0v) is 12.3. The molecule has 108 valence electrons. The van der Waals surface area contributed by atoms with Gasteiger partial charge < -0.3 is 15.1 Å². The number of hydrogen-bond donors (Lipinski definition) is 1. The smallest absolute Gasteiger partial charge is 0.277 e. The zero-order chi connectivity index (χ0) is 14.9. The highest BCUT2D eigenvalue weighted by Crippen LogP contribution is 2.17. The molecule has 0 spiro atoms. The molecule has 6 nitrogen and oxygen atoms in total. The number of nitrogens with two attached hydrogens (primary N) is 1. The van der Waals surface area contributed by atoms with Crippen molar-refractivity contribution in [2.45, 2.75) is 33.4 Å². The van der Waals surface area contributed by atoms with Gasteiger partial charge in [0, 0.05) is 19.3 Å². The van der Waals surface area contributed by atoms with Crippen LogP contribution < -0.4 is 5.73 Å². The molecular weight excluding hydrogens is 256 g/mol. The largest absolute Gasteiger partial charge is 0.464 e. The van der Waals surface area contributed by atoms with E-state index in [2.05, 4.69) is 5.10 Å². The number of nitrogen functional groups attached to an aromatic ring is 1. The Labute approximate surface area is 118 Å². The first-order valence-corrected chi connectivity index (χ1v) is 6.54. The van der Waals surface area contributed by atoms with Crippen LogP contribution in [0.15, 0.2) is 22.7 Å². The van der Waals surface area contributed by atoms with E-state index in [0.29, 0.717) is 12.2 Å². The van der Waals surface area contributed by atoms with Crippen molar-refractivity contribution < 1.29 is 9.21 Å². The second kappa shape index (κ2) is 5.40. The molecule has 0 atom stereocenters. The Kier molecular flexibility index (Phi) is 3.83. The fourth-order valence-electron chi connectivity index (χ4n) is 2.04. The average molecular weight is 276 g/mol. The van der Waals surface area contributed by atoms with Crippen molar-refractivity contribution in [3.63, 3.8) is 0 Å². The van der Waals surface area contributed by atoms with Crippen LogP contribution in [0.3, 0.4) is 0 Å². The van der Waals surface area contributed by atoms with Crippen LogP contribution in [0.25, 0.3) is 0 Å². The fourth-order valence-corrected chi connectivity index (χ4v) is 2.04. The third-order valence-corrected chi connectivity index (χ3v) is 3.07. The standard InChI is InChI=1S/C14H20N4O2/c1-9(2)18(7-11-6-5-10(3)20-11)14(19)13-12(15)8-17(4)16-13/h5-6,8-9H,7,15H2,1-4H3. The molecule has 2 aromatic rings. The molecule has 0 aliphatic carbocycles. The molecular formula is C14H20N4O2. The van der Waals surface area contributed by atoms with Gasteiger partial charge in [0.2, 0.25) is 0 Å². The fraction of sp³-hybridized carbons (Fsp3) is 0.429. The van der Waals surface area contributed by atoms with Crippen LogP contribution in [0.4, 0.5) is 5.69 Å². The van der Waals surface area contributed by atoms with Crippen LogP contribution in [0.1, 0.15) is 35.9 Å². The van der Waals surface area contributed by atoms with Gasteiger partial charge in [-0.1, -0.05) is 0 Å². The van der Waals surface area contributed by atoms with Crippen molar-refractivity contribution in [3.8, 4) is 0 Å². The van der Waals surface area contributed by atoms with E-state index in [4.69, 9.17) is 10.2 Å². The second-order valence-electron chi connectivity index (χ2n) is 5.15. The van der Waals surface area contributed by atoms with Gasteiger partial charge in [-0.05, 0) is 32.9 Å². The van der Waals surface area contributed by atoms with E-state index in [0.717, 1.165) is 11.5 Å². The minimum absolute atomic E-state index is 0.0225. The van der Waals surface area contributed by atoms with Crippen LogP contribution in [-0.4, -0.2) is 26.6 Å². The topological polar surface area (TPSA) is 77.3 Å². The van der Waals surface area contributed by atoms with E-state index >= 15 is 0 Å². The lowest BCUT2D eigenvalue weighted by atomic mass is 10.2. The molecule has 0 radical (unpaired) electrons. The van der Waals surface area contributed by atoms with E-state index in [1.807, 2.05) is 32.9 Å². The van der Waals surface area contributed by atoms with Crippen molar-refractivity contribution in [3.05, 3.63) is 35.5 Å². The van der Waals surface area contributed by atoms with Crippen LogP contribution in [0.2, 0.25) is 0 Å². The first-order chi connectivity index (χ1) is 9.38. The summed E-state index contributed by atoms with van der Waals surface area (Å²) in [5.41, 5.74) is 6.49. The van der Waals surface area contributed by atoms with Gasteiger partial charge in [0.1, 0.15) is 11.5 Å². The molecule has 2 rings (SSSR count). The maximum atomic E-state index is 12.6. The number of nitrogens with zero attached hydrogens (tertiary/aromatic N) is 3. The minimum atomic E-state index is -0.188. The summed E-state index contributed by atoms with van der Waals surface area (Å²) in [7, 11) is 1.74. The van der Waals surface area contributed by atoms with Crippen molar-refractivity contribution >= 4 is 11.6 Å². The van der Waals surface area contributed by atoms with E-state index in [1.165, 1.54) is 4.68 Å². The predicted molar refractivity (Wildman–Crippen MR) is 76.1 cm³/mol. The molecule has 0 unspecified atom stereocenters. The van der Waals surface area contributed by atoms with Gasteiger partial charge in [0.15, 0.2) is 5.69 Å². The summed E-state index contributed by atoms with van der Waals surface area (Å²) in [5.74, 6) is 1.39. The zero-order valence-electron chi connectivity index (χ0n) is 12.3. The number of furan rings is 1. The minimum Gasteiger partial charge on any atom is -0.464 e. The summed E-state index contributed by atoms with van der Waals surface area (Å²) in [6, 6.07) is 3.78. The number of aryl methyl sites for hydroxylation is 2. The lowest BCUT2D eigenvalue weighted by Crippen LogP contribution is -2.37. The van der Waals surface area contributed by atoms with E-state index < -0.39 is 0 Å². The number of carbonyl (C=O) groups excluding carboxylic acids is 1. The summed E-state index contributed by atoms with van der Waals surface area (Å²) in [4.78, 5) is 14.3. The number of carbonyl (C=O) groups is 1. The Bertz CT molecular complexity index is 612. The van der Waals surface area contributed by atoms with Gasteiger partial charge in [-0.25, -0.2) is 0 Å². The molecule has 0 saturated carbocycles. The van der Waals surface area contributed by atoms with Gasteiger partial charge >= 0.3 is 0 Å². The lowest BCUT2D eigenvalue weighted by Gasteiger charge is -2.25. The number of aromatic nitrogens is 2. The molecule has 0 aliphatic heterocycles.